The minimum absolute atomic E-state index is 0.248. The van der Waals surface area contributed by atoms with Gasteiger partial charge in [0.15, 0.2) is 0 Å². The normalized spacial score (nSPS) is 16.0. The lowest BCUT2D eigenvalue weighted by Crippen LogP contribution is -2.18. The molecule has 0 aromatic carbocycles. The van der Waals surface area contributed by atoms with Crippen molar-refractivity contribution in [2.45, 2.75) is 38.6 Å². The van der Waals surface area contributed by atoms with Gasteiger partial charge < -0.3 is 10.7 Å². The van der Waals surface area contributed by atoms with E-state index in [1.807, 2.05) is 6.07 Å². The number of nitrogens with zero attached hydrogens (tertiary/aromatic N) is 2. The van der Waals surface area contributed by atoms with Crippen LogP contribution in [-0.2, 0) is 0 Å². The van der Waals surface area contributed by atoms with Gasteiger partial charge in [0, 0.05) is 16.9 Å². The van der Waals surface area contributed by atoms with Crippen molar-refractivity contribution in [3.8, 4) is 0 Å². The van der Waals surface area contributed by atoms with Crippen LogP contribution in [0.15, 0.2) is 23.6 Å². The largest absolute Gasteiger partial charge is 0.362 e. The molecule has 0 aliphatic heterocycles. The summed E-state index contributed by atoms with van der Waals surface area (Å²) in [6.45, 7) is 4.42. The van der Waals surface area contributed by atoms with Gasteiger partial charge in [-0.15, -0.1) is 11.3 Å². The Morgan fingerprint density at radius 1 is 1.29 bits per heavy atom. The van der Waals surface area contributed by atoms with Gasteiger partial charge in [0.05, 0.1) is 6.04 Å². The van der Waals surface area contributed by atoms with Crippen LogP contribution in [0.25, 0.3) is 0 Å². The number of thiophene rings is 1. The Morgan fingerprint density at radius 2 is 2.05 bits per heavy atom. The quantitative estimate of drug-likeness (QED) is 0.562. The van der Waals surface area contributed by atoms with Crippen molar-refractivity contribution in [2.24, 2.45) is 11.8 Å². The van der Waals surface area contributed by atoms with Gasteiger partial charge in [-0.1, -0.05) is 19.9 Å². The van der Waals surface area contributed by atoms with E-state index in [4.69, 9.17) is 5.84 Å². The van der Waals surface area contributed by atoms with Crippen LogP contribution in [0.4, 0.5) is 11.6 Å². The summed E-state index contributed by atoms with van der Waals surface area (Å²) in [4.78, 5) is 10.4. The number of hydrogen-bond acceptors (Lipinski definition) is 6. The van der Waals surface area contributed by atoms with Gasteiger partial charge in [-0.25, -0.2) is 15.8 Å². The van der Waals surface area contributed by atoms with E-state index in [1.165, 1.54) is 17.7 Å². The number of nitrogen functional groups attached to an aromatic ring is 1. The first-order valence-corrected chi connectivity index (χ1v) is 8.21. The molecule has 0 radical (unpaired) electrons. The Morgan fingerprint density at radius 3 is 2.62 bits per heavy atom. The predicted octanol–water partition coefficient (Wildman–Crippen LogP) is 3.51. The van der Waals surface area contributed by atoms with Gasteiger partial charge in [-0.05, 0) is 30.2 Å². The number of nitrogens with one attached hydrogen (secondary N) is 2. The van der Waals surface area contributed by atoms with Gasteiger partial charge in [-0.3, -0.25) is 0 Å². The standard InChI is InChI=1S/C15H21N5S/c1-9(2)14(11-4-3-7-21-11)17-12-8-13(20-16)19-15(18-12)10-5-6-10/h3-4,7-10,14H,5-6,16H2,1-2H3,(H2,17,18,19,20). The molecule has 1 atom stereocenters. The van der Waals surface area contributed by atoms with Crippen molar-refractivity contribution < 1.29 is 0 Å². The van der Waals surface area contributed by atoms with Crippen LogP contribution in [0.5, 0.6) is 0 Å². The van der Waals surface area contributed by atoms with Gasteiger partial charge in [0.25, 0.3) is 0 Å². The van der Waals surface area contributed by atoms with Crippen molar-refractivity contribution >= 4 is 23.0 Å². The van der Waals surface area contributed by atoms with E-state index in [-0.39, 0.29) is 6.04 Å². The van der Waals surface area contributed by atoms with Crippen molar-refractivity contribution in [3.05, 3.63) is 34.3 Å². The average molecular weight is 303 g/mol. The zero-order valence-electron chi connectivity index (χ0n) is 12.3. The van der Waals surface area contributed by atoms with Crippen LogP contribution in [0.1, 0.15) is 49.4 Å². The van der Waals surface area contributed by atoms with E-state index in [0.29, 0.717) is 17.7 Å². The second-order valence-corrected chi connectivity index (χ2v) is 6.78. The van der Waals surface area contributed by atoms with Gasteiger partial charge in [0.1, 0.15) is 17.5 Å². The number of rotatable bonds is 6. The lowest BCUT2D eigenvalue weighted by Gasteiger charge is -2.22. The van der Waals surface area contributed by atoms with Crippen molar-refractivity contribution in [3.63, 3.8) is 0 Å². The molecule has 1 saturated carbocycles. The SMILES string of the molecule is CC(C)C(Nc1cc(NN)nc(C2CC2)n1)c1cccs1. The Labute approximate surface area is 129 Å². The molecule has 2 aromatic rings. The first-order valence-electron chi connectivity index (χ1n) is 7.33. The molecule has 4 N–H and O–H groups in total. The highest BCUT2D eigenvalue weighted by atomic mass is 32.1. The van der Waals surface area contributed by atoms with Crippen molar-refractivity contribution in [1.82, 2.24) is 9.97 Å². The zero-order valence-corrected chi connectivity index (χ0v) is 13.2. The minimum atomic E-state index is 0.248. The van der Waals surface area contributed by atoms with Crippen LogP contribution in [-0.4, -0.2) is 9.97 Å². The molecule has 3 rings (SSSR count). The molecule has 1 fully saturated rings. The maximum absolute atomic E-state index is 5.53. The van der Waals surface area contributed by atoms with E-state index in [9.17, 15) is 0 Å². The van der Waals surface area contributed by atoms with Gasteiger partial charge in [-0.2, -0.15) is 0 Å². The Bertz CT molecular complexity index is 592. The number of hydrazine groups is 1. The summed E-state index contributed by atoms with van der Waals surface area (Å²) in [6, 6.07) is 6.36. The molecule has 0 spiro atoms. The summed E-state index contributed by atoms with van der Waals surface area (Å²) in [6.07, 6.45) is 2.35. The van der Waals surface area contributed by atoms with Crippen LogP contribution >= 0.6 is 11.3 Å². The monoisotopic (exact) mass is 303 g/mol. The molecule has 6 heteroatoms. The fourth-order valence-electron chi connectivity index (χ4n) is 2.33. The third-order valence-electron chi connectivity index (χ3n) is 3.65. The fraction of sp³-hybridized carbons (Fsp3) is 0.467. The van der Waals surface area contributed by atoms with E-state index in [2.05, 4.69) is 52.1 Å². The highest BCUT2D eigenvalue weighted by molar-refractivity contribution is 7.10. The number of anilines is 2. The zero-order chi connectivity index (χ0) is 14.8. The summed E-state index contributed by atoms with van der Waals surface area (Å²) in [5.74, 6) is 8.89. The Balaban J connectivity index is 1.86. The molecular formula is C15H21N5S. The molecule has 2 aromatic heterocycles. The summed E-state index contributed by atoms with van der Waals surface area (Å²) in [5.41, 5.74) is 2.64. The maximum Gasteiger partial charge on any atom is 0.145 e. The average Bonchev–Trinajstić information content (AvgIpc) is 3.20. The highest BCUT2D eigenvalue weighted by Crippen LogP contribution is 2.39. The van der Waals surface area contributed by atoms with Crippen LogP contribution in [0.3, 0.4) is 0 Å². The summed E-state index contributed by atoms with van der Waals surface area (Å²) in [7, 11) is 0. The molecule has 1 aliphatic carbocycles. The van der Waals surface area contributed by atoms with Gasteiger partial charge in [0.2, 0.25) is 0 Å². The molecule has 1 unspecified atom stereocenters. The molecule has 0 bridgehead atoms. The van der Waals surface area contributed by atoms with Gasteiger partial charge >= 0.3 is 0 Å². The van der Waals surface area contributed by atoms with Crippen LogP contribution in [0.2, 0.25) is 0 Å². The van der Waals surface area contributed by atoms with Crippen molar-refractivity contribution in [1.29, 1.82) is 0 Å². The lowest BCUT2D eigenvalue weighted by atomic mass is 10.0. The minimum Gasteiger partial charge on any atom is -0.362 e. The smallest absolute Gasteiger partial charge is 0.145 e. The predicted molar refractivity (Wildman–Crippen MR) is 87.3 cm³/mol. The first-order chi connectivity index (χ1) is 10.2. The number of aromatic nitrogens is 2. The molecule has 5 nitrogen and oxygen atoms in total. The third kappa shape index (κ3) is 3.33. The molecule has 2 heterocycles. The summed E-state index contributed by atoms with van der Waals surface area (Å²) >= 11 is 1.77. The van der Waals surface area contributed by atoms with Crippen molar-refractivity contribution in [2.75, 3.05) is 10.7 Å². The van der Waals surface area contributed by atoms with Crippen LogP contribution in [0, 0.1) is 5.92 Å². The second kappa shape index (κ2) is 5.99. The number of nitrogens with two attached hydrogens (primary N) is 1. The molecule has 21 heavy (non-hydrogen) atoms. The highest BCUT2D eigenvalue weighted by Gasteiger charge is 2.28. The fourth-order valence-corrected chi connectivity index (χ4v) is 3.28. The molecule has 1 aliphatic rings. The topological polar surface area (TPSA) is 75.9 Å². The second-order valence-electron chi connectivity index (χ2n) is 5.80. The summed E-state index contributed by atoms with van der Waals surface area (Å²) < 4.78 is 0. The Kier molecular flexibility index (Phi) is 4.07. The first kappa shape index (κ1) is 14.3. The lowest BCUT2D eigenvalue weighted by molar-refractivity contribution is 0.551. The molecular weight excluding hydrogens is 282 g/mol. The van der Waals surface area contributed by atoms with E-state index in [1.54, 1.807) is 11.3 Å². The van der Waals surface area contributed by atoms with E-state index >= 15 is 0 Å². The molecule has 0 amide bonds. The van der Waals surface area contributed by atoms with E-state index in [0.717, 1.165) is 11.6 Å². The molecule has 0 saturated heterocycles. The molecule has 112 valence electrons. The summed E-state index contributed by atoms with van der Waals surface area (Å²) in [5, 5.41) is 5.65. The third-order valence-corrected chi connectivity index (χ3v) is 4.61. The Hall–Kier alpha value is -1.66. The van der Waals surface area contributed by atoms with E-state index < -0.39 is 0 Å². The van der Waals surface area contributed by atoms with Crippen LogP contribution < -0.4 is 16.6 Å². The number of hydrogen-bond donors (Lipinski definition) is 3. The maximum atomic E-state index is 5.53.